The van der Waals surface area contributed by atoms with Crippen molar-refractivity contribution >= 4 is 12.2 Å². The van der Waals surface area contributed by atoms with Crippen molar-refractivity contribution in [2.45, 2.75) is 40.0 Å². The van der Waals surface area contributed by atoms with Gasteiger partial charge in [0.15, 0.2) is 4.77 Å². The highest BCUT2D eigenvalue weighted by Gasteiger charge is 2.12. The molecule has 0 N–H and O–H groups in total. The SMILES string of the molecule is CCCN(Cc1ccccc1)Cn1nc(C)n(Cc2ccccc2)c1=S. The molecule has 0 fully saturated rings. The number of aromatic nitrogens is 3. The molecule has 0 saturated heterocycles. The van der Waals surface area contributed by atoms with E-state index in [0.29, 0.717) is 6.67 Å². The van der Waals surface area contributed by atoms with Gasteiger partial charge in [-0.25, -0.2) is 4.68 Å². The molecule has 0 aliphatic heterocycles. The molecule has 3 aromatic rings. The van der Waals surface area contributed by atoms with Crippen LogP contribution in [0.4, 0.5) is 0 Å². The third kappa shape index (κ3) is 4.68. The third-order valence-corrected chi connectivity index (χ3v) is 4.85. The molecule has 0 aliphatic carbocycles. The van der Waals surface area contributed by atoms with E-state index in [0.717, 1.165) is 36.7 Å². The van der Waals surface area contributed by atoms with E-state index in [2.05, 4.69) is 71.0 Å². The smallest absolute Gasteiger partial charge is 0.199 e. The van der Waals surface area contributed by atoms with Gasteiger partial charge in [0.05, 0.1) is 13.2 Å². The lowest BCUT2D eigenvalue weighted by Gasteiger charge is -2.21. The van der Waals surface area contributed by atoms with E-state index >= 15 is 0 Å². The minimum absolute atomic E-state index is 0.712. The van der Waals surface area contributed by atoms with Crippen molar-refractivity contribution in [1.29, 1.82) is 0 Å². The molecule has 136 valence electrons. The summed E-state index contributed by atoms with van der Waals surface area (Å²) in [6, 6.07) is 21.0. The number of nitrogens with zero attached hydrogens (tertiary/aromatic N) is 4. The van der Waals surface area contributed by atoms with Crippen LogP contribution in [0.1, 0.15) is 30.3 Å². The molecule has 1 heterocycles. The van der Waals surface area contributed by atoms with Gasteiger partial charge in [0.1, 0.15) is 5.82 Å². The maximum absolute atomic E-state index is 5.72. The summed E-state index contributed by atoms with van der Waals surface area (Å²) in [5.41, 5.74) is 2.55. The maximum Gasteiger partial charge on any atom is 0.199 e. The zero-order chi connectivity index (χ0) is 18.4. The fourth-order valence-electron chi connectivity index (χ4n) is 3.14. The van der Waals surface area contributed by atoms with Gasteiger partial charge < -0.3 is 0 Å². The average molecular weight is 367 g/mol. The largest absolute Gasteiger partial charge is 0.300 e. The maximum atomic E-state index is 5.72. The summed E-state index contributed by atoms with van der Waals surface area (Å²) in [4.78, 5) is 2.39. The molecule has 5 heteroatoms. The van der Waals surface area contributed by atoms with Crippen LogP contribution in [0.3, 0.4) is 0 Å². The second-order valence-corrected chi connectivity index (χ2v) is 6.95. The first-order valence-corrected chi connectivity index (χ1v) is 9.52. The molecule has 0 aliphatic rings. The molecule has 4 nitrogen and oxygen atoms in total. The first kappa shape index (κ1) is 18.5. The molecule has 26 heavy (non-hydrogen) atoms. The van der Waals surface area contributed by atoms with Gasteiger partial charge in [0.25, 0.3) is 0 Å². The Kier molecular flexibility index (Phi) is 6.36. The fourth-order valence-corrected chi connectivity index (χ4v) is 3.43. The van der Waals surface area contributed by atoms with Gasteiger partial charge in [0, 0.05) is 6.54 Å². The van der Waals surface area contributed by atoms with Crippen molar-refractivity contribution in [2.75, 3.05) is 6.54 Å². The summed E-state index contributed by atoms with van der Waals surface area (Å²) in [7, 11) is 0. The van der Waals surface area contributed by atoms with Crippen LogP contribution in [-0.4, -0.2) is 25.8 Å². The third-order valence-electron chi connectivity index (χ3n) is 4.41. The molecule has 1 aromatic heterocycles. The van der Waals surface area contributed by atoms with Gasteiger partial charge in [-0.3, -0.25) is 9.47 Å². The lowest BCUT2D eigenvalue weighted by atomic mass is 10.2. The molecule has 0 spiro atoms. The molecular formula is C21H26N4S. The summed E-state index contributed by atoms with van der Waals surface area (Å²) in [5, 5.41) is 4.70. The highest BCUT2D eigenvalue weighted by Crippen LogP contribution is 2.10. The number of hydrogen-bond acceptors (Lipinski definition) is 3. The van der Waals surface area contributed by atoms with Gasteiger partial charge in [-0.05, 0) is 43.2 Å². The van der Waals surface area contributed by atoms with Crippen LogP contribution in [0.2, 0.25) is 0 Å². The monoisotopic (exact) mass is 366 g/mol. The summed E-state index contributed by atoms with van der Waals surface area (Å²) in [6.07, 6.45) is 1.10. The van der Waals surface area contributed by atoms with E-state index in [1.54, 1.807) is 0 Å². The van der Waals surface area contributed by atoms with E-state index in [9.17, 15) is 0 Å². The molecule has 3 rings (SSSR count). The molecule has 2 aromatic carbocycles. The van der Waals surface area contributed by atoms with Crippen LogP contribution in [0.25, 0.3) is 0 Å². The predicted molar refractivity (Wildman–Crippen MR) is 108 cm³/mol. The van der Waals surface area contributed by atoms with Crippen LogP contribution in [-0.2, 0) is 19.8 Å². The topological polar surface area (TPSA) is 26.0 Å². The van der Waals surface area contributed by atoms with Crippen molar-refractivity contribution < 1.29 is 0 Å². The zero-order valence-electron chi connectivity index (χ0n) is 15.5. The van der Waals surface area contributed by atoms with E-state index in [1.807, 2.05) is 17.7 Å². The Morgan fingerprint density at radius 1 is 0.962 bits per heavy atom. The Bertz CT molecular complexity index is 868. The van der Waals surface area contributed by atoms with Gasteiger partial charge in [-0.2, -0.15) is 5.10 Å². The number of rotatable bonds is 8. The highest BCUT2D eigenvalue weighted by molar-refractivity contribution is 7.71. The Hall–Kier alpha value is -2.24. The second-order valence-electron chi connectivity index (χ2n) is 6.58. The highest BCUT2D eigenvalue weighted by atomic mass is 32.1. The van der Waals surface area contributed by atoms with Gasteiger partial charge in [0.2, 0.25) is 0 Å². The molecular weight excluding hydrogens is 340 g/mol. The van der Waals surface area contributed by atoms with Gasteiger partial charge in [-0.15, -0.1) is 0 Å². The van der Waals surface area contributed by atoms with E-state index < -0.39 is 0 Å². The number of aryl methyl sites for hydroxylation is 1. The van der Waals surface area contributed by atoms with E-state index in [-0.39, 0.29) is 0 Å². The first-order valence-electron chi connectivity index (χ1n) is 9.12. The lowest BCUT2D eigenvalue weighted by molar-refractivity contribution is 0.196. The summed E-state index contributed by atoms with van der Waals surface area (Å²) in [6.45, 7) is 7.62. The quantitative estimate of drug-likeness (QED) is 0.543. The Balaban J connectivity index is 1.77. The van der Waals surface area contributed by atoms with Crippen LogP contribution in [0, 0.1) is 11.7 Å². The van der Waals surface area contributed by atoms with Crippen LogP contribution < -0.4 is 0 Å². The van der Waals surface area contributed by atoms with E-state index in [1.165, 1.54) is 11.1 Å². The van der Waals surface area contributed by atoms with E-state index in [4.69, 9.17) is 17.3 Å². The molecule has 0 saturated carbocycles. The fraction of sp³-hybridized carbons (Fsp3) is 0.333. The first-order chi connectivity index (χ1) is 12.7. The molecule has 0 atom stereocenters. The van der Waals surface area contributed by atoms with Gasteiger partial charge in [-0.1, -0.05) is 67.6 Å². The van der Waals surface area contributed by atoms with Crippen LogP contribution in [0.5, 0.6) is 0 Å². The van der Waals surface area contributed by atoms with Crippen molar-refractivity contribution in [3.8, 4) is 0 Å². The normalized spacial score (nSPS) is 11.2. The summed E-state index contributed by atoms with van der Waals surface area (Å²) < 4.78 is 4.84. The molecule has 0 unspecified atom stereocenters. The minimum Gasteiger partial charge on any atom is -0.300 e. The summed E-state index contributed by atoms with van der Waals surface area (Å²) >= 11 is 5.72. The second kappa shape index (κ2) is 8.92. The zero-order valence-corrected chi connectivity index (χ0v) is 16.3. The number of hydrogen-bond donors (Lipinski definition) is 0. The van der Waals surface area contributed by atoms with Crippen molar-refractivity contribution in [2.24, 2.45) is 0 Å². The molecule has 0 bridgehead atoms. The lowest BCUT2D eigenvalue weighted by Crippen LogP contribution is -2.27. The van der Waals surface area contributed by atoms with Gasteiger partial charge >= 0.3 is 0 Å². The molecule has 0 radical (unpaired) electrons. The van der Waals surface area contributed by atoms with Crippen molar-refractivity contribution in [3.05, 3.63) is 82.4 Å². The van der Waals surface area contributed by atoms with Crippen LogP contribution in [0.15, 0.2) is 60.7 Å². The minimum atomic E-state index is 0.712. The molecule has 0 amide bonds. The Labute approximate surface area is 160 Å². The summed E-state index contributed by atoms with van der Waals surface area (Å²) in [5.74, 6) is 0.954. The van der Waals surface area contributed by atoms with Crippen molar-refractivity contribution in [1.82, 2.24) is 19.2 Å². The Morgan fingerprint density at radius 3 is 2.19 bits per heavy atom. The average Bonchev–Trinajstić information content (AvgIpc) is 2.91. The predicted octanol–water partition coefficient (Wildman–Crippen LogP) is 4.64. The Morgan fingerprint density at radius 2 is 1.58 bits per heavy atom. The number of benzene rings is 2. The standard InChI is InChI=1S/C21H26N4S/c1-3-14-23(15-19-10-6-4-7-11-19)17-25-21(26)24(18(2)22-25)16-20-12-8-5-9-13-20/h4-13H,3,14-17H2,1-2H3. The van der Waals surface area contributed by atoms with Crippen LogP contribution >= 0.6 is 12.2 Å². The van der Waals surface area contributed by atoms with Crippen molar-refractivity contribution in [3.63, 3.8) is 0 Å².